The Morgan fingerprint density at radius 2 is 2.00 bits per heavy atom. The Hall–Kier alpha value is -3.46. The van der Waals surface area contributed by atoms with E-state index in [9.17, 15) is 19.2 Å². The molecule has 1 N–H and O–H groups in total. The molecule has 1 aliphatic rings. The Morgan fingerprint density at radius 1 is 1.23 bits per heavy atom. The van der Waals surface area contributed by atoms with Gasteiger partial charge in [0.25, 0.3) is 5.91 Å². The molecule has 0 radical (unpaired) electrons. The number of fused-ring (bicyclic) bond motifs is 2. The van der Waals surface area contributed by atoms with E-state index in [1.807, 2.05) is 0 Å². The molecule has 30 heavy (non-hydrogen) atoms. The minimum Gasteiger partial charge on any atom is -0.465 e. The first-order valence-corrected chi connectivity index (χ1v) is 10.0. The van der Waals surface area contributed by atoms with Crippen LogP contribution in [-0.4, -0.2) is 36.3 Å². The Balaban J connectivity index is 1.71. The van der Waals surface area contributed by atoms with E-state index in [0.29, 0.717) is 35.5 Å². The summed E-state index contributed by atoms with van der Waals surface area (Å²) in [5.74, 6) is -1.44. The second kappa shape index (κ2) is 7.75. The van der Waals surface area contributed by atoms with Crippen LogP contribution in [-0.2, 0) is 22.5 Å². The van der Waals surface area contributed by atoms with E-state index >= 15 is 0 Å². The van der Waals surface area contributed by atoms with E-state index < -0.39 is 11.9 Å². The smallest absolute Gasteiger partial charge is 0.341 e. The summed E-state index contributed by atoms with van der Waals surface area (Å²) in [7, 11) is 1.27. The van der Waals surface area contributed by atoms with Gasteiger partial charge in [-0.2, -0.15) is 0 Å². The molecular weight excluding hydrogens is 408 g/mol. The van der Waals surface area contributed by atoms with Crippen LogP contribution in [0.4, 0.5) is 5.00 Å². The number of anilines is 1. The summed E-state index contributed by atoms with van der Waals surface area (Å²) in [5.41, 5.74) is 1.00. The quantitative estimate of drug-likeness (QED) is 0.646. The zero-order valence-corrected chi connectivity index (χ0v) is 17.1. The number of methoxy groups -OCH3 is 1. The molecule has 0 saturated carbocycles. The number of benzene rings is 1. The van der Waals surface area contributed by atoms with Crippen LogP contribution < -0.4 is 10.7 Å². The molecule has 0 bridgehead atoms. The van der Waals surface area contributed by atoms with Crippen LogP contribution in [0.5, 0.6) is 0 Å². The van der Waals surface area contributed by atoms with Crippen LogP contribution in [0.25, 0.3) is 11.0 Å². The number of carbonyl (C=O) groups excluding carboxylic acids is 3. The highest BCUT2D eigenvalue weighted by Crippen LogP contribution is 2.38. The number of hydrogen-bond donors (Lipinski definition) is 1. The van der Waals surface area contributed by atoms with E-state index in [1.165, 1.54) is 25.4 Å². The summed E-state index contributed by atoms with van der Waals surface area (Å²) in [5, 5.41) is 3.36. The minimum atomic E-state index is -0.648. The van der Waals surface area contributed by atoms with Crippen LogP contribution in [0.3, 0.4) is 0 Å². The summed E-state index contributed by atoms with van der Waals surface area (Å²) in [4.78, 5) is 51.7. The maximum atomic E-state index is 12.8. The Morgan fingerprint density at radius 3 is 2.73 bits per heavy atom. The maximum Gasteiger partial charge on any atom is 0.341 e. The third kappa shape index (κ3) is 3.48. The summed E-state index contributed by atoms with van der Waals surface area (Å²) in [6.07, 6.45) is 0.483. The van der Waals surface area contributed by atoms with Crippen molar-refractivity contribution in [3.63, 3.8) is 0 Å². The first-order valence-electron chi connectivity index (χ1n) is 9.21. The highest BCUT2D eigenvalue weighted by molar-refractivity contribution is 7.17. The molecule has 1 aliphatic heterocycles. The van der Waals surface area contributed by atoms with Gasteiger partial charge >= 0.3 is 5.97 Å². The predicted molar refractivity (Wildman–Crippen MR) is 111 cm³/mol. The van der Waals surface area contributed by atoms with E-state index in [2.05, 4.69) is 5.32 Å². The molecule has 9 heteroatoms. The molecule has 3 heterocycles. The third-order valence-corrected chi connectivity index (χ3v) is 6.11. The summed E-state index contributed by atoms with van der Waals surface area (Å²) in [6, 6.07) is 7.76. The Bertz CT molecular complexity index is 1240. The van der Waals surface area contributed by atoms with Crippen molar-refractivity contribution in [1.82, 2.24) is 4.90 Å². The van der Waals surface area contributed by atoms with Gasteiger partial charge in [-0.15, -0.1) is 11.3 Å². The molecule has 0 saturated heterocycles. The molecule has 4 rings (SSSR count). The Kier molecular flexibility index (Phi) is 5.13. The largest absolute Gasteiger partial charge is 0.465 e. The van der Waals surface area contributed by atoms with Crippen LogP contribution >= 0.6 is 11.3 Å². The van der Waals surface area contributed by atoms with Crippen molar-refractivity contribution in [3.05, 3.63) is 62.3 Å². The molecule has 2 aromatic heterocycles. The number of amides is 2. The average molecular weight is 426 g/mol. The second-order valence-electron chi connectivity index (χ2n) is 6.82. The Labute approximate surface area is 175 Å². The topological polar surface area (TPSA) is 106 Å². The fraction of sp³-hybridized carbons (Fsp3) is 0.238. The molecule has 0 aliphatic carbocycles. The second-order valence-corrected chi connectivity index (χ2v) is 7.92. The van der Waals surface area contributed by atoms with Crippen molar-refractivity contribution in [1.29, 1.82) is 0 Å². The number of thiophene rings is 1. The first-order chi connectivity index (χ1) is 14.4. The lowest BCUT2D eigenvalue weighted by molar-refractivity contribution is -0.129. The number of nitrogens with one attached hydrogen (secondary N) is 1. The molecule has 0 fully saturated rings. The van der Waals surface area contributed by atoms with Gasteiger partial charge in [-0.3, -0.25) is 14.4 Å². The summed E-state index contributed by atoms with van der Waals surface area (Å²) < 4.78 is 10.5. The van der Waals surface area contributed by atoms with Crippen LogP contribution in [0.1, 0.15) is 38.3 Å². The van der Waals surface area contributed by atoms with Crippen molar-refractivity contribution in [2.24, 2.45) is 0 Å². The number of ether oxygens (including phenoxy) is 1. The lowest BCUT2D eigenvalue weighted by Crippen LogP contribution is -2.33. The van der Waals surface area contributed by atoms with E-state index in [1.54, 1.807) is 29.2 Å². The molecule has 2 amide bonds. The fourth-order valence-corrected chi connectivity index (χ4v) is 4.71. The van der Waals surface area contributed by atoms with Gasteiger partial charge < -0.3 is 19.4 Å². The maximum absolute atomic E-state index is 12.8. The van der Waals surface area contributed by atoms with Gasteiger partial charge in [0.2, 0.25) is 5.91 Å². The molecule has 154 valence electrons. The van der Waals surface area contributed by atoms with Crippen molar-refractivity contribution in [2.75, 3.05) is 19.0 Å². The first kappa shape index (κ1) is 19.8. The van der Waals surface area contributed by atoms with Gasteiger partial charge in [0.1, 0.15) is 10.6 Å². The van der Waals surface area contributed by atoms with Gasteiger partial charge in [0, 0.05) is 24.4 Å². The van der Waals surface area contributed by atoms with Crippen LogP contribution in [0.2, 0.25) is 0 Å². The number of hydrogen-bond acceptors (Lipinski definition) is 7. The molecule has 0 spiro atoms. The molecule has 1 aromatic carbocycles. The van der Waals surface area contributed by atoms with Gasteiger partial charge in [0.05, 0.1) is 24.6 Å². The highest BCUT2D eigenvalue weighted by Gasteiger charge is 2.30. The third-order valence-electron chi connectivity index (χ3n) is 4.98. The summed E-state index contributed by atoms with van der Waals surface area (Å²) >= 11 is 1.21. The molecular formula is C21H18N2O6S. The number of rotatable bonds is 3. The highest BCUT2D eigenvalue weighted by atomic mass is 32.1. The number of nitrogens with zero attached hydrogens (tertiary/aromatic N) is 1. The number of carbonyl (C=O) groups is 3. The van der Waals surface area contributed by atoms with Crippen molar-refractivity contribution in [3.8, 4) is 0 Å². The van der Waals surface area contributed by atoms with Gasteiger partial charge in [-0.25, -0.2) is 4.79 Å². The molecule has 3 aromatic rings. The van der Waals surface area contributed by atoms with Crippen molar-refractivity contribution >= 4 is 45.1 Å². The van der Waals surface area contributed by atoms with E-state index in [0.717, 1.165) is 16.5 Å². The van der Waals surface area contributed by atoms with Gasteiger partial charge in [-0.05, 0) is 24.1 Å². The average Bonchev–Trinajstić information content (AvgIpc) is 3.10. The van der Waals surface area contributed by atoms with Crippen LogP contribution in [0.15, 0.2) is 39.5 Å². The van der Waals surface area contributed by atoms with Gasteiger partial charge in [0.15, 0.2) is 11.2 Å². The zero-order chi connectivity index (χ0) is 21.4. The standard InChI is InChI=1S/C21H18N2O6S/c1-11(24)23-8-7-13-17(10-23)30-20(18(13)21(27)28-2)22-19(26)16-9-14(25)12-5-3-4-6-15(12)29-16/h3-6,9H,7-8,10H2,1-2H3,(H,22,26). The van der Waals surface area contributed by atoms with E-state index in [-0.39, 0.29) is 22.7 Å². The monoisotopic (exact) mass is 426 g/mol. The number of para-hydroxylation sites is 1. The van der Waals surface area contributed by atoms with E-state index in [4.69, 9.17) is 9.15 Å². The van der Waals surface area contributed by atoms with Crippen LogP contribution in [0, 0.1) is 0 Å². The normalized spacial score (nSPS) is 13.1. The lowest BCUT2D eigenvalue weighted by Gasteiger charge is -2.25. The SMILES string of the molecule is COC(=O)c1c(NC(=O)c2cc(=O)c3ccccc3o2)sc2c1CCN(C(C)=O)C2. The zero-order valence-electron chi connectivity index (χ0n) is 16.3. The van der Waals surface area contributed by atoms with Crippen molar-refractivity contribution in [2.45, 2.75) is 19.9 Å². The van der Waals surface area contributed by atoms with Crippen molar-refractivity contribution < 1.29 is 23.5 Å². The predicted octanol–water partition coefficient (Wildman–Crippen LogP) is 2.80. The van der Waals surface area contributed by atoms with Gasteiger partial charge in [-0.1, -0.05) is 12.1 Å². The lowest BCUT2D eigenvalue weighted by atomic mass is 10.0. The number of esters is 1. The molecule has 8 nitrogen and oxygen atoms in total. The molecule has 0 atom stereocenters. The molecule has 0 unspecified atom stereocenters. The minimum absolute atomic E-state index is 0.0582. The fourth-order valence-electron chi connectivity index (χ4n) is 3.46. The summed E-state index contributed by atoms with van der Waals surface area (Å²) in [6.45, 7) is 2.33.